The number of carbonyl (C=O) groups is 2. The third-order valence-corrected chi connectivity index (χ3v) is 3.50. The quantitative estimate of drug-likeness (QED) is 0.921. The van der Waals surface area contributed by atoms with E-state index in [1.807, 2.05) is 24.3 Å². The van der Waals surface area contributed by atoms with Gasteiger partial charge in [-0.15, -0.1) is 0 Å². The van der Waals surface area contributed by atoms with E-state index in [-0.39, 0.29) is 11.8 Å². The Hall–Kier alpha value is -2.17. The maximum absolute atomic E-state index is 12.4. The number of amides is 2. The van der Waals surface area contributed by atoms with Crippen molar-refractivity contribution in [2.24, 2.45) is 11.0 Å². The van der Waals surface area contributed by atoms with Crippen LogP contribution in [0.5, 0.6) is 0 Å². The van der Waals surface area contributed by atoms with E-state index >= 15 is 0 Å². The van der Waals surface area contributed by atoms with Crippen LogP contribution in [-0.4, -0.2) is 30.1 Å². The fraction of sp³-hybridized carbons (Fsp3) is 0.438. The number of hydrogen-bond acceptors (Lipinski definition) is 3. The molecule has 21 heavy (non-hydrogen) atoms. The zero-order valence-electron chi connectivity index (χ0n) is 12.7. The third-order valence-electron chi connectivity index (χ3n) is 3.50. The van der Waals surface area contributed by atoms with E-state index in [1.165, 1.54) is 5.01 Å². The van der Waals surface area contributed by atoms with Gasteiger partial charge in [-0.1, -0.05) is 38.1 Å². The lowest BCUT2D eigenvalue weighted by atomic mass is 10.00. The van der Waals surface area contributed by atoms with Gasteiger partial charge in [-0.05, 0) is 17.9 Å². The van der Waals surface area contributed by atoms with Crippen molar-refractivity contribution in [1.82, 2.24) is 10.3 Å². The number of rotatable bonds is 4. The summed E-state index contributed by atoms with van der Waals surface area (Å²) in [5.74, 6) is 0.125. The summed E-state index contributed by atoms with van der Waals surface area (Å²) >= 11 is 0. The second-order valence-corrected chi connectivity index (χ2v) is 5.67. The minimum atomic E-state index is -0.673. The molecule has 0 unspecified atom stereocenters. The molecule has 0 spiro atoms. The largest absolute Gasteiger partial charge is 0.340 e. The average Bonchev–Trinajstić information content (AvgIpc) is 2.58. The lowest BCUT2D eigenvalue weighted by Gasteiger charge is -2.20. The van der Waals surface area contributed by atoms with E-state index in [1.54, 1.807) is 13.3 Å². The molecular weight excluding hydrogens is 266 g/mol. The predicted molar refractivity (Wildman–Crippen MR) is 81.8 cm³/mol. The van der Waals surface area contributed by atoms with Crippen LogP contribution in [0.3, 0.4) is 0 Å². The molecule has 0 radical (unpaired) electrons. The van der Waals surface area contributed by atoms with Crippen molar-refractivity contribution in [2.45, 2.75) is 32.7 Å². The van der Waals surface area contributed by atoms with E-state index in [9.17, 15) is 9.59 Å². The zero-order valence-corrected chi connectivity index (χ0v) is 12.7. The molecule has 1 aliphatic rings. The molecule has 1 aliphatic heterocycles. The Morgan fingerprint density at radius 2 is 2.10 bits per heavy atom. The first kappa shape index (κ1) is 15.2. The normalized spacial score (nSPS) is 17.6. The van der Waals surface area contributed by atoms with E-state index < -0.39 is 6.04 Å². The first-order valence-electron chi connectivity index (χ1n) is 7.19. The van der Waals surface area contributed by atoms with Gasteiger partial charge in [0.05, 0.1) is 6.21 Å². The van der Waals surface area contributed by atoms with Crippen LogP contribution < -0.4 is 5.32 Å². The molecule has 1 atom stereocenters. The van der Waals surface area contributed by atoms with E-state index in [2.05, 4.69) is 24.3 Å². The Labute approximate surface area is 125 Å². The van der Waals surface area contributed by atoms with Crippen molar-refractivity contribution in [3.05, 3.63) is 35.4 Å². The molecule has 2 rings (SSSR count). The highest BCUT2D eigenvalue weighted by Gasteiger charge is 2.29. The first-order valence-corrected chi connectivity index (χ1v) is 7.19. The van der Waals surface area contributed by atoms with Gasteiger partial charge in [0.15, 0.2) is 0 Å². The van der Waals surface area contributed by atoms with Crippen molar-refractivity contribution in [3.63, 3.8) is 0 Å². The lowest BCUT2D eigenvalue weighted by molar-refractivity contribution is -0.135. The Kier molecular flexibility index (Phi) is 4.73. The van der Waals surface area contributed by atoms with Crippen molar-refractivity contribution in [1.29, 1.82) is 0 Å². The Morgan fingerprint density at radius 3 is 2.81 bits per heavy atom. The molecule has 2 amide bonds. The summed E-state index contributed by atoms with van der Waals surface area (Å²) in [7, 11) is 1.60. The number of nitrogens with zero attached hydrogens (tertiary/aromatic N) is 2. The minimum absolute atomic E-state index is 0.104. The van der Waals surface area contributed by atoms with E-state index in [0.717, 1.165) is 17.5 Å². The molecule has 112 valence electrons. The van der Waals surface area contributed by atoms with Crippen molar-refractivity contribution >= 4 is 18.0 Å². The Morgan fingerprint density at radius 1 is 1.38 bits per heavy atom. The molecular formula is C16H21N3O2. The zero-order chi connectivity index (χ0) is 15.4. The standard InChI is InChI=1S/C16H21N3O2/c1-11(2)8-9-14(20)18-15-13-7-5-4-6-12(13)10-17-19(3)16(15)21/h4-7,10-11,15H,8-9H2,1-3H3,(H,18,20)/t15-/m1/s1. The lowest BCUT2D eigenvalue weighted by Crippen LogP contribution is -2.39. The molecule has 0 saturated heterocycles. The molecule has 0 aliphatic carbocycles. The second-order valence-electron chi connectivity index (χ2n) is 5.67. The van der Waals surface area contributed by atoms with Crippen LogP contribution in [0.15, 0.2) is 29.4 Å². The molecule has 5 nitrogen and oxygen atoms in total. The molecule has 0 bridgehead atoms. The summed E-state index contributed by atoms with van der Waals surface area (Å²) in [5, 5.41) is 8.20. The maximum atomic E-state index is 12.4. The predicted octanol–water partition coefficient (Wildman–Crippen LogP) is 2.09. The highest BCUT2D eigenvalue weighted by Crippen LogP contribution is 2.22. The van der Waals surface area contributed by atoms with Gasteiger partial charge in [-0.25, -0.2) is 5.01 Å². The highest BCUT2D eigenvalue weighted by atomic mass is 16.2. The fourth-order valence-corrected chi connectivity index (χ4v) is 2.21. The fourth-order valence-electron chi connectivity index (χ4n) is 2.21. The van der Waals surface area contributed by atoms with Crippen LogP contribution >= 0.6 is 0 Å². The van der Waals surface area contributed by atoms with Crippen LogP contribution in [0.1, 0.15) is 43.9 Å². The van der Waals surface area contributed by atoms with Gasteiger partial charge in [0, 0.05) is 19.0 Å². The number of carbonyl (C=O) groups excluding carboxylic acids is 2. The number of hydrogen-bond donors (Lipinski definition) is 1. The van der Waals surface area contributed by atoms with Gasteiger partial charge in [0.1, 0.15) is 6.04 Å². The number of fused-ring (bicyclic) bond motifs is 1. The molecule has 1 N–H and O–H groups in total. The maximum Gasteiger partial charge on any atom is 0.269 e. The summed E-state index contributed by atoms with van der Waals surface area (Å²) in [5.41, 5.74) is 1.64. The van der Waals surface area contributed by atoms with Crippen molar-refractivity contribution < 1.29 is 9.59 Å². The highest BCUT2D eigenvalue weighted by molar-refractivity contribution is 5.94. The first-order chi connectivity index (χ1) is 9.99. The van der Waals surface area contributed by atoms with Crippen LogP contribution in [0.2, 0.25) is 0 Å². The molecule has 1 aromatic rings. The average molecular weight is 287 g/mol. The number of likely N-dealkylation sites (N-methyl/N-ethyl adjacent to an activating group) is 1. The summed E-state index contributed by atoms with van der Waals surface area (Å²) in [6.07, 6.45) is 2.88. The van der Waals surface area contributed by atoms with Gasteiger partial charge >= 0.3 is 0 Å². The van der Waals surface area contributed by atoms with Crippen LogP contribution in [0.25, 0.3) is 0 Å². The summed E-state index contributed by atoms with van der Waals surface area (Å²) in [4.78, 5) is 24.4. The van der Waals surface area contributed by atoms with E-state index in [0.29, 0.717) is 12.3 Å². The SMILES string of the molecule is CC(C)CCC(=O)N[C@H]1C(=O)N(C)N=Cc2ccccc21. The molecule has 0 aromatic heterocycles. The van der Waals surface area contributed by atoms with Gasteiger partial charge in [-0.2, -0.15) is 5.10 Å². The Balaban J connectivity index is 2.20. The molecule has 0 saturated carbocycles. The van der Waals surface area contributed by atoms with Gasteiger partial charge in [0.25, 0.3) is 5.91 Å². The van der Waals surface area contributed by atoms with Gasteiger partial charge in [0.2, 0.25) is 5.91 Å². The Bertz CT molecular complexity index is 566. The number of benzene rings is 1. The van der Waals surface area contributed by atoms with Crippen LogP contribution in [-0.2, 0) is 9.59 Å². The van der Waals surface area contributed by atoms with Crippen LogP contribution in [0.4, 0.5) is 0 Å². The van der Waals surface area contributed by atoms with Gasteiger partial charge in [-0.3, -0.25) is 9.59 Å². The summed E-state index contributed by atoms with van der Waals surface area (Å²) in [6, 6.07) is 6.81. The third kappa shape index (κ3) is 3.68. The van der Waals surface area contributed by atoms with Gasteiger partial charge < -0.3 is 5.32 Å². The minimum Gasteiger partial charge on any atom is -0.340 e. The topological polar surface area (TPSA) is 61.8 Å². The smallest absolute Gasteiger partial charge is 0.269 e. The van der Waals surface area contributed by atoms with Crippen LogP contribution in [0, 0.1) is 5.92 Å². The molecule has 5 heteroatoms. The molecule has 1 heterocycles. The molecule has 0 fully saturated rings. The second kappa shape index (κ2) is 6.52. The van der Waals surface area contributed by atoms with Crippen molar-refractivity contribution in [2.75, 3.05) is 7.05 Å². The molecule has 1 aromatic carbocycles. The summed E-state index contributed by atoms with van der Waals surface area (Å²) in [6.45, 7) is 4.14. The number of nitrogens with one attached hydrogen (secondary N) is 1. The van der Waals surface area contributed by atoms with Crippen molar-refractivity contribution in [3.8, 4) is 0 Å². The summed E-state index contributed by atoms with van der Waals surface area (Å²) < 4.78 is 0. The van der Waals surface area contributed by atoms with E-state index in [4.69, 9.17) is 0 Å². The monoisotopic (exact) mass is 287 g/mol. The number of hydrazone groups is 1.